The number of benzene rings is 1. The van der Waals surface area contributed by atoms with Crippen LogP contribution in [0.4, 0.5) is 5.69 Å². The average molecular weight is 358 g/mol. The minimum absolute atomic E-state index is 0.222. The van der Waals surface area contributed by atoms with Gasteiger partial charge in [0.25, 0.3) is 0 Å². The van der Waals surface area contributed by atoms with Crippen molar-refractivity contribution in [1.82, 2.24) is 10.3 Å². The third kappa shape index (κ3) is 4.22. The minimum atomic E-state index is -1.75. The van der Waals surface area contributed by atoms with Crippen LogP contribution in [-0.4, -0.2) is 39.5 Å². The summed E-state index contributed by atoms with van der Waals surface area (Å²) in [6, 6.07) is 10.9. The van der Waals surface area contributed by atoms with Crippen LogP contribution in [0.1, 0.15) is 26.5 Å². The van der Waals surface area contributed by atoms with Gasteiger partial charge in [-0.3, -0.25) is 4.98 Å². The zero-order chi connectivity index (χ0) is 18.1. The monoisotopic (exact) mass is 357 g/mol. The molecule has 0 atom stereocenters. The van der Waals surface area contributed by atoms with Crippen molar-refractivity contribution in [3.8, 4) is 0 Å². The molecular weight excluding hydrogens is 326 g/mol. The summed E-state index contributed by atoms with van der Waals surface area (Å²) in [7, 11) is -1.75. The number of hydrogen-bond acceptors (Lipinski definition) is 4. The van der Waals surface area contributed by atoms with E-state index in [1.165, 1.54) is 11.1 Å². The highest BCUT2D eigenvalue weighted by Gasteiger charge is 2.37. The van der Waals surface area contributed by atoms with Gasteiger partial charge in [-0.05, 0) is 36.3 Å². The predicted octanol–water partition coefficient (Wildman–Crippen LogP) is 4.17. The fraction of sp³-hybridized carbons (Fsp3) is 0.550. The van der Waals surface area contributed by atoms with Gasteiger partial charge in [-0.15, -0.1) is 0 Å². The van der Waals surface area contributed by atoms with E-state index in [0.29, 0.717) is 6.61 Å². The first-order valence-electron chi connectivity index (χ1n) is 9.26. The predicted molar refractivity (Wildman–Crippen MR) is 109 cm³/mol. The Hall–Kier alpha value is -1.43. The Morgan fingerprint density at radius 2 is 1.80 bits per heavy atom. The van der Waals surface area contributed by atoms with E-state index in [-0.39, 0.29) is 5.04 Å². The fourth-order valence-electron chi connectivity index (χ4n) is 2.82. The molecule has 2 heterocycles. The molecule has 0 amide bonds. The number of hydrogen-bond donors (Lipinski definition) is 1. The summed E-state index contributed by atoms with van der Waals surface area (Å²) in [5.74, 6) is 0. The van der Waals surface area contributed by atoms with Crippen LogP contribution in [0.3, 0.4) is 0 Å². The maximum atomic E-state index is 6.33. The van der Waals surface area contributed by atoms with E-state index < -0.39 is 8.32 Å². The molecule has 2 aromatic rings. The second kappa shape index (κ2) is 7.06. The average Bonchev–Trinajstić information content (AvgIpc) is 2.59. The van der Waals surface area contributed by atoms with Crippen molar-refractivity contribution in [2.75, 3.05) is 31.1 Å². The Morgan fingerprint density at radius 3 is 2.48 bits per heavy atom. The molecule has 4 nitrogen and oxygen atoms in total. The Morgan fingerprint density at radius 1 is 1.12 bits per heavy atom. The molecule has 0 radical (unpaired) electrons. The first-order chi connectivity index (χ1) is 11.8. The lowest BCUT2D eigenvalue weighted by Gasteiger charge is -2.36. The molecule has 1 aliphatic rings. The molecule has 0 unspecified atom stereocenters. The van der Waals surface area contributed by atoms with Crippen molar-refractivity contribution >= 4 is 24.9 Å². The summed E-state index contributed by atoms with van der Waals surface area (Å²) in [5.41, 5.74) is 3.35. The van der Waals surface area contributed by atoms with Crippen LogP contribution < -0.4 is 10.2 Å². The van der Waals surface area contributed by atoms with Gasteiger partial charge in [0, 0.05) is 37.3 Å². The normalized spacial score (nSPS) is 16.4. The van der Waals surface area contributed by atoms with Gasteiger partial charge in [-0.25, -0.2) is 0 Å². The highest BCUT2D eigenvalue weighted by molar-refractivity contribution is 6.74. The molecule has 0 bridgehead atoms. The first kappa shape index (κ1) is 18.4. The lowest BCUT2D eigenvalue weighted by molar-refractivity contribution is 0.272. The number of nitrogens with zero attached hydrogens (tertiary/aromatic N) is 2. The van der Waals surface area contributed by atoms with E-state index in [4.69, 9.17) is 9.41 Å². The minimum Gasteiger partial charge on any atom is -0.411 e. The zero-order valence-electron chi connectivity index (χ0n) is 16.2. The van der Waals surface area contributed by atoms with Gasteiger partial charge >= 0.3 is 0 Å². The Labute approximate surface area is 152 Å². The van der Waals surface area contributed by atoms with Crippen LogP contribution in [0.25, 0.3) is 10.9 Å². The maximum absolute atomic E-state index is 6.33. The van der Waals surface area contributed by atoms with Gasteiger partial charge in [0.2, 0.25) is 0 Å². The first-order valence-corrected chi connectivity index (χ1v) is 12.2. The van der Waals surface area contributed by atoms with E-state index in [1.54, 1.807) is 0 Å². The molecule has 0 spiro atoms. The third-order valence-corrected chi connectivity index (χ3v) is 10.1. The van der Waals surface area contributed by atoms with Crippen LogP contribution >= 0.6 is 0 Å². The SMILES string of the molecule is CC(C)(C)[Si](C)(C)OCc1ccc2ccc(N3CCNCC3)cc2n1. The van der Waals surface area contributed by atoms with Crippen molar-refractivity contribution < 1.29 is 4.43 Å². The largest absolute Gasteiger partial charge is 0.411 e. The molecular formula is C20H31N3OSi. The smallest absolute Gasteiger partial charge is 0.192 e. The molecule has 25 heavy (non-hydrogen) atoms. The molecule has 0 aliphatic carbocycles. The van der Waals surface area contributed by atoms with E-state index in [1.807, 2.05) is 0 Å². The van der Waals surface area contributed by atoms with Crippen molar-refractivity contribution in [3.63, 3.8) is 0 Å². The summed E-state index contributed by atoms with van der Waals surface area (Å²) in [5, 5.41) is 4.82. The molecule has 1 aromatic heterocycles. The van der Waals surface area contributed by atoms with Crippen LogP contribution in [0.5, 0.6) is 0 Å². The summed E-state index contributed by atoms with van der Waals surface area (Å²) in [6.07, 6.45) is 0. The summed E-state index contributed by atoms with van der Waals surface area (Å²) in [6.45, 7) is 16.2. The Bertz CT molecular complexity index is 733. The molecule has 136 valence electrons. The summed E-state index contributed by atoms with van der Waals surface area (Å²) < 4.78 is 6.33. The van der Waals surface area contributed by atoms with Gasteiger partial charge in [0.05, 0.1) is 17.8 Å². The lowest BCUT2D eigenvalue weighted by atomic mass is 10.1. The number of aromatic nitrogens is 1. The summed E-state index contributed by atoms with van der Waals surface area (Å²) in [4.78, 5) is 7.30. The van der Waals surface area contributed by atoms with Gasteiger partial charge in [0.1, 0.15) is 0 Å². The Kier molecular flexibility index (Phi) is 5.18. The molecule has 0 saturated carbocycles. The topological polar surface area (TPSA) is 37.4 Å². The quantitative estimate of drug-likeness (QED) is 0.834. The van der Waals surface area contributed by atoms with Crippen molar-refractivity contribution in [2.45, 2.75) is 45.5 Å². The van der Waals surface area contributed by atoms with Crippen LogP contribution in [0.2, 0.25) is 18.1 Å². The second-order valence-electron chi connectivity index (χ2n) is 8.47. The number of rotatable bonds is 4. The summed E-state index contributed by atoms with van der Waals surface area (Å²) >= 11 is 0. The number of nitrogens with one attached hydrogen (secondary N) is 1. The molecule has 5 heteroatoms. The number of fused-ring (bicyclic) bond motifs is 1. The van der Waals surface area contributed by atoms with E-state index in [2.05, 4.69) is 74.4 Å². The van der Waals surface area contributed by atoms with E-state index in [9.17, 15) is 0 Å². The van der Waals surface area contributed by atoms with Gasteiger partial charge in [-0.2, -0.15) is 0 Å². The van der Waals surface area contributed by atoms with Gasteiger partial charge in [-0.1, -0.05) is 32.9 Å². The standard InChI is InChI=1S/C20H31N3OSi/c1-20(2,3)25(4,5)24-15-17-8-6-16-7-9-18(14-19(16)22-17)23-12-10-21-11-13-23/h6-9,14,21H,10-13,15H2,1-5H3. The van der Waals surface area contributed by atoms with Crippen molar-refractivity contribution in [1.29, 1.82) is 0 Å². The lowest BCUT2D eigenvalue weighted by Crippen LogP contribution is -2.43. The number of piperazine rings is 1. The van der Waals surface area contributed by atoms with Crippen LogP contribution in [-0.2, 0) is 11.0 Å². The van der Waals surface area contributed by atoms with Gasteiger partial charge < -0.3 is 14.6 Å². The molecule has 3 rings (SSSR count). The molecule has 1 saturated heterocycles. The van der Waals surface area contributed by atoms with E-state index in [0.717, 1.165) is 37.4 Å². The van der Waals surface area contributed by atoms with Crippen molar-refractivity contribution in [2.24, 2.45) is 0 Å². The zero-order valence-corrected chi connectivity index (χ0v) is 17.2. The van der Waals surface area contributed by atoms with Crippen LogP contribution in [0, 0.1) is 0 Å². The molecule has 1 fully saturated rings. The van der Waals surface area contributed by atoms with Crippen LogP contribution in [0.15, 0.2) is 30.3 Å². The highest BCUT2D eigenvalue weighted by atomic mass is 28.4. The number of anilines is 1. The van der Waals surface area contributed by atoms with Gasteiger partial charge in [0.15, 0.2) is 8.32 Å². The number of pyridine rings is 1. The third-order valence-electron chi connectivity index (χ3n) is 5.60. The molecule has 1 N–H and O–H groups in total. The highest BCUT2D eigenvalue weighted by Crippen LogP contribution is 2.37. The maximum Gasteiger partial charge on any atom is 0.192 e. The second-order valence-corrected chi connectivity index (χ2v) is 13.3. The van der Waals surface area contributed by atoms with Crippen molar-refractivity contribution in [3.05, 3.63) is 36.0 Å². The molecule has 1 aromatic carbocycles. The molecule has 1 aliphatic heterocycles. The fourth-order valence-corrected chi connectivity index (χ4v) is 3.76. The Balaban J connectivity index is 1.78. The van der Waals surface area contributed by atoms with E-state index >= 15 is 0 Å².